The van der Waals surface area contributed by atoms with Crippen LogP contribution in [0.1, 0.15) is 43.2 Å². The zero-order chi connectivity index (χ0) is 20.2. The average molecular weight is 396 g/mol. The Labute approximate surface area is 169 Å². The van der Waals surface area contributed by atoms with Crippen LogP contribution in [0.4, 0.5) is 10.1 Å². The minimum atomic E-state index is -0.264. The second-order valence-electron chi connectivity index (χ2n) is 7.70. The fraction of sp³-hybridized carbons (Fsp3) is 0.391. The third-order valence-electron chi connectivity index (χ3n) is 5.35. The molecule has 0 spiro atoms. The van der Waals surface area contributed by atoms with E-state index >= 15 is 0 Å². The maximum absolute atomic E-state index is 13.1. The first kappa shape index (κ1) is 19.4. The summed E-state index contributed by atoms with van der Waals surface area (Å²) in [6.07, 6.45) is 4.36. The van der Waals surface area contributed by atoms with E-state index in [1.807, 2.05) is 23.1 Å². The fourth-order valence-electron chi connectivity index (χ4n) is 3.60. The van der Waals surface area contributed by atoms with Crippen molar-refractivity contribution >= 4 is 17.5 Å². The minimum absolute atomic E-state index is 0.0468. The van der Waals surface area contributed by atoms with E-state index in [0.29, 0.717) is 38.5 Å². The van der Waals surface area contributed by atoms with Gasteiger partial charge in [-0.05, 0) is 67.1 Å². The molecule has 1 N–H and O–H groups in total. The number of carbonyl (C=O) groups excluding carboxylic acids is 2. The smallest absolute Gasteiger partial charge is 0.224 e. The predicted octanol–water partition coefficient (Wildman–Crippen LogP) is 4.06. The van der Waals surface area contributed by atoms with Crippen molar-refractivity contribution in [3.8, 4) is 5.75 Å². The lowest BCUT2D eigenvalue weighted by Crippen LogP contribution is -2.32. The summed E-state index contributed by atoms with van der Waals surface area (Å²) in [5, 5.41) is 2.86. The van der Waals surface area contributed by atoms with Crippen LogP contribution >= 0.6 is 0 Å². The molecule has 29 heavy (non-hydrogen) atoms. The monoisotopic (exact) mass is 396 g/mol. The van der Waals surface area contributed by atoms with E-state index in [0.717, 1.165) is 41.8 Å². The zero-order valence-electron chi connectivity index (χ0n) is 16.3. The van der Waals surface area contributed by atoms with E-state index in [1.54, 1.807) is 12.1 Å². The number of nitrogens with zero attached hydrogens (tertiary/aromatic N) is 1. The summed E-state index contributed by atoms with van der Waals surface area (Å²) in [6, 6.07) is 12.3. The molecule has 1 fully saturated rings. The van der Waals surface area contributed by atoms with Gasteiger partial charge in [0, 0.05) is 31.1 Å². The topological polar surface area (TPSA) is 58.6 Å². The number of hydrogen-bond acceptors (Lipinski definition) is 3. The average Bonchev–Trinajstić information content (AvgIpc) is 3.55. The summed E-state index contributed by atoms with van der Waals surface area (Å²) < 4.78 is 18.9. The van der Waals surface area contributed by atoms with Crippen LogP contribution in [0.25, 0.3) is 0 Å². The number of fused-ring (bicyclic) bond motifs is 1. The van der Waals surface area contributed by atoms with Gasteiger partial charge in [0.2, 0.25) is 11.8 Å². The molecule has 5 nitrogen and oxygen atoms in total. The first-order valence-corrected chi connectivity index (χ1v) is 10.2. The highest BCUT2D eigenvalue weighted by Gasteiger charge is 2.32. The Morgan fingerprint density at radius 1 is 1.14 bits per heavy atom. The van der Waals surface area contributed by atoms with Gasteiger partial charge >= 0.3 is 0 Å². The standard InChI is InChI=1S/C23H25FN2O3/c24-18-6-3-16(4-7-18)15-26(19-8-9-19)23(28)2-1-13-29-20-10-11-21-17(14-20)5-12-22(27)25-21/h3-4,6-7,10-11,14,19H,1-2,5,8-9,12-13,15H2,(H,25,27). The Hall–Kier alpha value is -2.89. The van der Waals surface area contributed by atoms with Gasteiger partial charge in [0.25, 0.3) is 0 Å². The third kappa shape index (κ3) is 5.13. The van der Waals surface area contributed by atoms with Crippen molar-refractivity contribution in [3.05, 3.63) is 59.4 Å². The van der Waals surface area contributed by atoms with Crippen LogP contribution in [0.2, 0.25) is 0 Å². The molecule has 0 saturated heterocycles. The molecule has 1 aliphatic heterocycles. The fourth-order valence-corrected chi connectivity index (χ4v) is 3.60. The summed E-state index contributed by atoms with van der Waals surface area (Å²) in [5.74, 6) is 0.663. The van der Waals surface area contributed by atoms with Gasteiger partial charge in [-0.2, -0.15) is 0 Å². The maximum Gasteiger partial charge on any atom is 0.224 e. The van der Waals surface area contributed by atoms with Crippen molar-refractivity contribution in [2.45, 2.75) is 51.1 Å². The summed E-state index contributed by atoms with van der Waals surface area (Å²) in [6.45, 7) is 0.993. The summed E-state index contributed by atoms with van der Waals surface area (Å²) in [5.41, 5.74) is 2.88. The van der Waals surface area contributed by atoms with Crippen molar-refractivity contribution in [1.29, 1.82) is 0 Å². The molecule has 2 aliphatic rings. The van der Waals surface area contributed by atoms with Gasteiger partial charge in [-0.3, -0.25) is 9.59 Å². The Balaban J connectivity index is 1.25. The molecule has 152 valence electrons. The van der Waals surface area contributed by atoms with Crippen molar-refractivity contribution < 1.29 is 18.7 Å². The molecular weight excluding hydrogens is 371 g/mol. The van der Waals surface area contributed by atoms with Crippen molar-refractivity contribution in [2.24, 2.45) is 0 Å². The molecule has 1 saturated carbocycles. The highest BCUT2D eigenvalue weighted by molar-refractivity contribution is 5.94. The Kier molecular flexibility index (Phi) is 5.79. The van der Waals surface area contributed by atoms with Crippen LogP contribution in [0.15, 0.2) is 42.5 Å². The normalized spacial score (nSPS) is 15.4. The van der Waals surface area contributed by atoms with Gasteiger partial charge in [-0.15, -0.1) is 0 Å². The molecule has 0 radical (unpaired) electrons. The van der Waals surface area contributed by atoms with Crippen LogP contribution in [0, 0.1) is 5.82 Å². The number of aryl methyl sites for hydroxylation is 1. The Morgan fingerprint density at radius 3 is 2.69 bits per heavy atom. The van der Waals surface area contributed by atoms with Crippen molar-refractivity contribution in [3.63, 3.8) is 0 Å². The van der Waals surface area contributed by atoms with Gasteiger partial charge in [0.15, 0.2) is 0 Å². The van der Waals surface area contributed by atoms with Crippen molar-refractivity contribution in [1.82, 2.24) is 4.90 Å². The molecule has 0 bridgehead atoms. The minimum Gasteiger partial charge on any atom is -0.494 e. The number of rotatable bonds is 8. The molecule has 1 heterocycles. The quantitative estimate of drug-likeness (QED) is 0.685. The highest BCUT2D eigenvalue weighted by atomic mass is 19.1. The molecule has 2 aromatic rings. The lowest BCUT2D eigenvalue weighted by molar-refractivity contribution is -0.132. The number of halogens is 1. The van der Waals surface area contributed by atoms with E-state index in [1.165, 1.54) is 12.1 Å². The first-order valence-electron chi connectivity index (χ1n) is 10.2. The van der Waals surface area contributed by atoms with Gasteiger partial charge in [0.05, 0.1) is 6.61 Å². The van der Waals surface area contributed by atoms with Crippen LogP contribution in [0.5, 0.6) is 5.75 Å². The van der Waals surface area contributed by atoms with Crippen LogP contribution in [-0.4, -0.2) is 29.4 Å². The largest absolute Gasteiger partial charge is 0.494 e. The Bertz CT molecular complexity index is 893. The third-order valence-corrected chi connectivity index (χ3v) is 5.35. The zero-order valence-corrected chi connectivity index (χ0v) is 16.3. The van der Waals surface area contributed by atoms with E-state index in [4.69, 9.17) is 4.74 Å². The van der Waals surface area contributed by atoms with Crippen LogP contribution in [0.3, 0.4) is 0 Å². The van der Waals surface area contributed by atoms with E-state index in [-0.39, 0.29) is 17.6 Å². The molecule has 2 amide bonds. The lowest BCUT2D eigenvalue weighted by atomic mass is 10.0. The van der Waals surface area contributed by atoms with Crippen molar-refractivity contribution in [2.75, 3.05) is 11.9 Å². The maximum atomic E-state index is 13.1. The summed E-state index contributed by atoms with van der Waals surface area (Å²) in [4.78, 5) is 26.0. The molecule has 4 rings (SSSR count). The molecular formula is C23H25FN2O3. The number of nitrogens with one attached hydrogen (secondary N) is 1. The number of hydrogen-bond donors (Lipinski definition) is 1. The molecule has 0 atom stereocenters. The van der Waals surface area contributed by atoms with E-state index < -0.39 is 0 Å². The van der Waals surface area contributed by atoms with Gasteiger partial charge in [-0.25, -0.2) is 4.39 Å². The predicted molar refractivity (Wildman–Crippen MR) is 108 cm³/mol. The second-order valence-corrected chi connectivity index (χ2v) is 7.70. The van der Waals surface area contributed by atoms with Crippen LogP contribution in [-0.2, 0) is 22.6 Å². The number of anilines is 1. The van der Waals surface area contributed by atoms with E-state index in [9.17, 15) is 14.0 Å². The summed E-state index contributed by atoms with van der Waals surface area (Å²) in [7, 11) is 0. The molecule has 6 heteroatoms. The Morgan fingerprint density at radius 2 is 1.93 bits per heavy atom. The number of amides is 2. The number of carbonyl (C=O) groups is 2. The van der Waals surface area contributed by atoms with E-state index in [2.05, 4.69) is 5.32 Å². The van der Waals surface area contributed by atoms with Gasteiger partial charge in [-0.1, -0.05) is 12.1 Å². The molecule has 2 aromatic carbocycles. The second kappa shape index (κ2) is 8.64. The summed E-state index contributed by atoms with van der Waals surface area (Å²) >= 11 is 0. The SMILES string of the molecule is O=C1CCc2cc(OCCCC(=O)N(Cc3ccc(F)cc3)C3CC3)ccc2N1. The number of benzene rings is 2. The van der Waals surface area contributed by atoms with Crippen LogP contribution < -0.4 is 10.1 Å². The first-order chi connectivity index (χ1) is 14.1. The molecule has 1 aliphatic carbocycles. The number of ether oxygens (including phenoxy) is 1. The molecule has 0 unspecified atom stereocenters. The molecule has 0 aromatic heterocycles. The lowest BCUT2D eigenvalue weighted by Gasteiger charge is -2.23. The van der Waals surface area contributed by atoms with Gasteiger partial charge in [0.1, 0.15) is 11.6 Å². The highest BCUT2D eigenvalue weighted by Crippen LogP contribution is 2.30. The van der Waals surface area contributed by atoms with Gasteiger partial charge < -0.3 is 15.0 Å².